The second kappa shape index (κ2) is 8.08. The van der Waals surface area contributed by atoms with Gasteiger partial charge in [-0.05, 0) is 39.7 Å². The molecule has 0 saturated heterocycles. The molecule has 0 saturated carbocycles. The summed E-state index contributed by atoms with van der Waals surface area (Å²) in [7, 11) is 0. The molecule has 0 bridgehead atoms. The van der Waals surface area contributed by atoms with Gasteiger partial charge in [0.2, 0.25) is 0 Å². The van der Waals surface area contributed by atoms with Crippen molar-refractivity contribution >= 4 is 56.5 Å². The molecule has 0 aliphatic rings. The summed E-state index contributed by atoms with van der Waals surface area (Å²) in [5.41, 5.74) is 0.468. The van der Waals surface area contributed by atoms with Crippen molar-refractivity contribution in [3.8, 4) is 0 Å². The van der Waals surface area contributed by atoms with E-state index in [0.717, 1.165) is 5.56 Å². The van der Waals surface area contributed by atoms with Gasteiger partial charge in [-0.25, -0.2) is 0 Å². The Balaban J connectivity index is 1.81. The maximum atomic E-state index is 12.4. The number of para-hydroxylation sites is 1. The van der Waals surface area contributed by atoms with E-state index in [1.54, 1.807) is 35.1 Å². The van der Waals surface area contributed by atoms with Crippen LogP contribution >= 0.6 is 39.1 Å². The number of nitrogens with one attached hydrogen (secondary N) is 1. The van der Waals surface area contributed by atoms with Crippen LogP contribution in [0.3, 0.4) is 0 Å². The zero-order valence-corrected chi connectivity index (χ0v) is 16.6. The average Bonchev–Trinajstić information content (AvgIpc) is 2.96. The largest absolute Gasteiger partial charge is 0.304 e. The van der Waals surface area contributed by atoms with Crippen LogP contribution in [0.5, 0.6) is 0 Å². The second-order valence-electron chi connectivity index (χ2n) is 5.49. The molecule has 1 aromatic heterocycles. The molecule has 10 heteroatoms. The Morgan fingerprint density at radius 3 is 2.70 bits per heavy atom. The highest BCUT2D eigenvalue weighted by atomic mass is 79.9. The molecule has 0 aliphatic heterocycles. The molecule has 1 heterocycles. The van der Waals surface area contributed by atoms with Gasteiger partial charge < -0.3 is 5.32 Å². The molecule has 0 fully saturated rings. The average molecular weight is 470 g/mol. The maximum Gasteiger partial charge on any atom is 0.282 e. The number of carbonyl (C=O) groups is 1. The highest BCUT2D eigenvalue weighted by Crippen LogP contribution is 2.26. The van der Waals surface area contributed by atoms with Gasteiger partial charge in [0.25, 0.3) is 11.6 Å². The van der Waals surface area contributed by atoms with Gasteiger partial charge in [0.05, 0.1) is 15.9 Å². The number of anilines is 1. The van der Waals surface area contributed by atoms with Crippen molar-refractivity contribution in [2.75, 3.05) is 5.32 Å². The molecule has 27 heavy (non-hydrogen) atoms. The molecule has 1 amide bonds. The number of carbonyl (C=O) groups excluding carboxylic acids is 1. The van der Waals surface area contributed by atoms with Crippen LogP contribution < -0.4 is 5.32 Å². The van der Waals surface area contributed by atoms with Crippen molar-refractivity contribution in [2.45, 2.75) is 6.54 Å². The van der Waals surface area contributed by atoms with Crippen molar-refractivity contribution in [1.29, 1.82) is 0 Å². The first-order chi connectivity index (χ1) is 12.8. The Labute approximate surface area is 172 Å². The molecule has 0 unspecified atom stereocenters. The number of nitro groups is 1. The summed E-state index contributed by atoms with van der Waals surface area (Å²) in [6.07, 6.45) is 1.67. The van der Waals surface area contributed by atoms with Crippen molar-refractivity contribution in [1.82, 2.24) is 9.78 Å². The summed E-state index contributed by atoms with van der Waals surface area (Å²) in [4.78, 5) is 22.9. The normalized spacial score (nSPS) is 10.6. The van der Waals surface area contributed by atoms with Gasteiger partial charge in [-0.15, -0.1) is 0 Å². The standard InChI is InChI=1S/C17H11BrCl2N4O3/c18-13-9-23(8-10-5-6-11(19)7-14(10)20)22-16(13)21-17(25)12-3-1-2-4-15(12)24(26)27/h1-7,9H,8H2,(H,21,22,25). The number of nitro benzene ring substituents is 1. The quantitative estimate of drug-likeness (QED) is 0.412. The summed E-state index contributed by atoms with van der Waals surface area (Å²) in [5, 5.41) is 19.0. The summed E-state index contributed by atoms with van der Waals surface area (Å²) in [5.74, 6) is -0.388. The van der Waals surface area contributed by atoms with Gasteiger partial charge in [0, 0.05) is 22.3 Å². The number of hydrogen-bond donors (Lipinski definition) is 1. The Kier molecular flexibility index (Phi) is 5.79. The van der Waals surface area contributed by atoms with Crippen LogP contribution in [0.4, 0.5) is 11.5 Å². The topological polar surface area (TPSA) is 90.1 Å². The smallest absolute Gasteiger partial charge is 0.282 e. The van der Waals surface area contributed by atoms with E-state index in [-0.39, 0.29) is 17.1 Å². The van der Waals surface area contributed by atoms with E-state index in [0.29, 0.717) is 21.1 Å². The number of benzene rings is 2. The van der Waals surface area contributed by atoms with Crippen LogP contribution in [0.1, 0.15) is 15.9 Å². The fourth-order valence-corrected chi connectivity index (χ4v) is 3.27. The van der Waals surface area contributed by atoms with Crippen molar-refractivity contribution in [3.05, 3.63) is 84.4 Å². The molecule has 0 atom stereocenters. The zero-order valence-electron chi connectivity index (χ0n) is 13.5. The highest BCUT2D eigenvalue weighted by molar-refractivity contribution is 9.10. The van der Waals surface area contributed by atoms with Crippen LogP contribution in [-0.4, -0.2) is 20.6 Å². The number of halogens is 3. The molecule has 0 aliphatic carbocycles. The molecule has 7 nitrogen and oxygen atoms in total. The van der Waals surface area contributed by atoms with E-state index < -0.39 is 10.8 Å². The van der Waals surface area contributed by atoms with Gasteiger partial charge in [-0.3, -0.25) is 19.6 Å². The lowest BCUT2D eigenvalue weighted by atomic mass is 10.1. The van der Waals surface area contributed by atoms with E-state index in [9.17, 15) is 14.9 Å². The lowest BCUT2D eigenvalue weighted by Gasteiger charge is -2.05. The number of amides is 1. The van der Waals surface area contributed by atoms with Crippen LogP contribution in [-0.2, 0) is 6.54 Å². The molecule has 0 radical (unpaired) electrons. The third-order valence-corrected chi connectivity index (χ3v) is 4.81. The highest BCUT2D eigenvalue weighted by Gasteiger charge is 2.21. The fraction of sp³-hybridized carbons (Fsp3) is 0.0588. The number of aromatic nitrogens is 2. The van der Waals surface area contributed by atoms with E-state index in [4.69, 9.17) is 23.2 Å². The molecule has 3 aromatic rings. The number of hydrogen-bond acceptors (Lipinski definition) is 4. The Hall–Kier alpha value is -2.42. The predicted molar refractivity (Wildman–Crippen MR) is 107 cm³/mol. The molecular weight excluding hydrogens is 459 g/mol. The molecule has 3 rings (SSSR count). The molecule has 2 aromatic carbocycles. The van der Waals surface area contributed by atoms with Gasteiger partial charge in [-0.2, -0.15) is 5.10 Å². The Bertz CT molecular complexity index is 1040. The summed E-state index contributed by atoms with van der Waals surface area (Å²) >= 11 is 15.4. The first-order valence-electron chi connectivity index (χ1n) is 7.57. The third-order valence-electron chi connectivity index (χ3n) is 3.64. The van der Waals surface area contributed by atoms with Crippen LogP contribution in [0.25, 0.3) is 0 Å². The maximum absolute atomic E-state index is 12.4. The lowest BCUT2D eigenvalue weighted by Crippen LogP contribution is -2.15. The van der Waals surface area contributed by atoms with Crippen LogP contribution in [0, 0.1) is 10.1 Å². The van der Waals surface area contributed by atoms with Crippen LogP contribution in [0.15, 0.2) is 53.1 Å². The number of rotatable bonds is 5. The first-order valence-corrected chi connectivity index (χ1v) is 9.11. The SMILES string of the molecule is O=C(Nc1nn(Cc2ccc(Cl)cc2Cl)cc1Br)c1ccccc1[N+](=O)[O-]. The van der Waals surface area contributed by atoms with E-state index >= 15 is 0 Å². The lowest BCUT2D eigenvalue weighted by molar-refractivity contribution is -0.385. The van der Waals surface area contributed by atoms with E-state index in [1.807, 2.05) is 0 Å². The monoisotopic (exact) mass is 468 g/mol. The minimum atomic E-state index is -0.627. The minimum Gasteiger partial charge on any atom is -0.304 e. The Morgan fingerprint density at radius 2 is 2.00 bits per heavy atom. The molecule has 138 valence electrons. The first kappa shape index (κ1) is 19.3. The van der Waals surface area contributed by atoms with Crippen LogP contribution in [0.2, 0.25) is 10.0 Å². The van der Waals surface area contributed by atoms with Gasteiger partial charge >= 0.3 is 0 Å². The van der Waals surface area contributed by atoms with Gasteiger partial charge in [0.15, 0.2) is 5.82 Å². The summed E-state index contributed by atoms with van der Waals surface area (Å²) in [6, 6.07) is 10.8. The minimum absolute atomic E-state index is 0.0512. The third kappa shape index (κ3) is 4.47. The predicted octanol–water partition coefficient (Wildman–Crippen LogP) is 5.16. The summed E-state index contributed by atoms with van der Waals surface area (Å²) < 4.78 is 2.10. The molecule has 0 spiro atoms. The molecular formula is C17H11BrCl2N4O3. The number of nitrogens with zero attached hydrogens (tertiary/aromatic N) is 3. The zero-order chi connectivity index (χ0) is 19.6. The van der Waals surface area contributed by atoms with Crippen molar-refractivity contribution < 1.29 is 9.72 Å². The van der Waals surface area contributed by atoms with Gasteiger partial charge in [-0.1, -0.05) is 41.4 Å². The molecule has 1 N–H and O–H groups in total. The van der Waals surface area contributed by atoms with Crippen molar-refractivity contribution in [3.63, 3.8) is 0 Å². The fourth-order valence-electron chi connectivity index (χ4n) is 2.39. The van der Waals surface area contributed by atoms with E-state index in [2.05, 4.69) is 26.3 Å². The van der Waals surface area contributed by atoms with Gasteiger partial charge in [0.1, 0.15) is 5.56 Å². The summed E-state index contributed by atoms with van der Waals surface area (Å²) in [6.45, 7) is 0.357. The van der Waals surface area contributed by atoms with Crippen molar-refractivity contribution in [2.24, 2.45) is 0 Å². The second-order valence-corrected chi connectivity index (χ2v) is 7.19. The van der Waals surface area contributed by atoms with E-state index in [1.165, 1.54) is 18.2 Å². The Morgan fingerprint density at radius 1 is 1.26 bits per heavy atom.